The fourth-order valence-electron chi connectivity index (χ4n) is 2.22. The smallest absolute Gasteiger partial charge is 0.241 e. The first-order valence-corrected chi connectivity index (χ1v) is 8.84. The van der Waals surface area contributed by atoms with Crippen LogP contribution in [0.15, 0.2) is 27.6 Å². The van der Waals surface area contributed by atoms with E-state index < -0.39 is 10.0 Å². The van der Waals surface area contributed by atoms with Crippen LogP contribution in [0.3, 0.4) is 0 Å². The van der Waals surface area contributed by atoms with Crippen molar-refractivity contribution in [1.29, 1.82) is 0 Å². The Kier molecular flexibility index (Phi) is 7.42. The number of sulfonamides is 1. The summed E-state index contributed by atoms with van der Waals surface area (Å²) in [6, 6.07) is 4.91. The van der Waals surface area contributed by atoms with Gasteiger partial charge < -0.3 is 10.1 Å². The van der Waals surface area contributed by atoms with Crippen LogP contribution in [0, 0.1) is 5.92 Å². The molecule has 1 atom stereocenters. The Balaban J connectivity index is 0.00000220. The molecule has 1 unspecified atom stereocenters. The van der Waals surface area contributed by atoms with Gasteiger partial charge in [-0.05, 0) is 59.9 Å². The zero-order chi connectivity index (χ0) is 14.6. The minimum absolute atomic E-state index is 0. The Hall–Kier alpha value is -0.340. The number of benzene rings is 1. The summed E-state index contributed by atoms with van der Waals surface area (Å²) in [4.78, 5) is 0.209. The predicted molar refractivity (Wildman–Crippen MR) is 88.7 cm³/mol. The first-order chi connectivity index (χ1) is 9.53. The molecule has 1 aliphatic heterocycles. The van der Waals surface area contributed by atoms with Gasteiger partial charge >= 0.3 is 0 Å². The molecular weight excluding hydrogens is 380 g/mol. The third-order valence-corrected chi connectivity index (χ3v) is 5.81. The first kappa shape index (κ1) is 18.7. The lowest BCUT2D eigenvalue weighted by atomic mass is 10.0. The molecule has 2 rings (SSSR count). The Labute approximate surface area is 140 Å². The van der Waals surface area contributed by atoms with Crippen molar-refractivity contribution in [3.8, 4) is 5.75 Å². The molecule has 21 heavy (non-hydrogen) atoms. The third-order valence-electron chi connectivity index (χ3n) is 3.39. The molecule has 0 amide bonds. The molecule has 0 bridgehead atoms. The highest BCUT2D eigenvalue weighted by Crippen LogP contribution is 2.26. The molecule has 1 aliphatic rings. The Morgan fingerprint density at radius 2 is 2.24 bits per heavy atom. The number of ether oxygens (including phenoxy) is 1. The van der Waals surface area contributed by atoms with E-state index in [0.29, 0.717) is 22.7 Å². The molecule has 0 radical (unpaired) electrons. The summed E-state index contributed by atoms with van der Waals surface area (Å²) in [6.45, 7) is 2.34. The largest absolute Gasteiger partial charge is 0.497 e. The van der Waals surface area contributed by atoms with Gasteiger partial charge in [-0.2, -0.15) is 0 Å². The van der Waals surface area contributed by atoms with E-state index >= 15 is 0 Å². The standard InChI is InChI=1S/C13H19BrN2O3S.ClH/c1-19-11-4-5-12(14)13(7-11)20(17,18)16-9-10-3-2-6-15-8-10;/h4-5,7,10,15-16H,2-3,6,8-9H2,1H3;1H. The van der Waals surface area contributed by atoms with E-state index in [0.717, 1.165) is 25.9 Å². The quantitative estimate of drug-likeness (QED) is 0.796. The summed E-state index contributed by atoms with van der Waals surface area (Å²) < 4.78 is 33.0. The second-order valence-electron chi connectivity index (χ2n) is 4.86. The normalized spacial score (nSPS) is 18.9. The molecule has 1 fully saturated rings. The Morgan fingerprint density at radius 1 is 1.48 bits per heavy atom. The maximum absolute atomic E-state index is 12.3. The van der Waals surface area contributed by atoms with E-state index in [1.807, 2.05) is 0 Å². The molecule has 1 heterocycles. The number of halogens is 2. The van der Waals surface area contributed by atoms with Gasteiger partial charge in [0.25, 0.3) is 0 Å². The van der Waals surface area contributed by atoms with Gasteiger partial charge in [-0.3, -0.25) is 0 Å². The second-order valence-corrected chi connectivity index (χ2v) is 7.45. The number of nitrogens with one attached hydrogen (secondary N) is 2. The summed E-state index contributed by atoms with van der Waals surface area (Å²) in [6.07, 6.45) is 2.14. The molecule has 5 nitrogen and oxygen atoms in total. The van der Waals surface area contributed by atoms with Crippen LogP contribution in [0.1, 0.15) is 12.8 Å². The van der Waals surface area contributed by atoms with E-state index in [2.05, 4.69) is 26.0 Å². The van der Waals surface area contributed by atoms with Crippen molar-refractivity contribution < 1.29 is 13.2 Å². The molecular formula is C13H20BrClN2O3S. The molecule has 1 aromatic carbocycles. The minimum Gasteiger partial charge on any atom is -0.497 e. The average Bonchev–Trinajstić information content (AvgIpc) is 2.47. The summed E-state index contributed by atoms with van der Waals surface area (Å²) in [5, 5.41) is 3.28. The molecule has 1 aromatic rings. The van der Waals surface area contributed by atoms with Crippen molar-refractivity contribution in [2.24, 2.45) is 5.92 Å². The number of rotatable bonds is 5. The highest BCUT2D eigenvalue weighted by atomic mass is 79.9. The minimum atomic E-state index is -3.53. The van der Waals surface area contributed by atoms with Gasteiger partial charge in [-0.15, -0.1) is 12.4 Å². The fraction of sp³-hybridized carbons (Fsp3) is 0.538. The van der Waals surface area contributed by atoms with Crippen LogP contribution in [-0.2, 0) is 10.0 Å². The number of hydrogen-bond donors (Lipinski definition) is 2. The van der Waals surface area contributed by atoms with Crippen molar-refractivity contribution in [2.45, 2.75) is 17.7 Å². The topological polar surface area (TPSA) is 67.4 Å². The van der Waals surface area contributed by atoms with Gasteiger partial charge in [-0.1, -0.05) is 0 Å². The van der Waals surface area contributed by atoms with Crippen LogP contribution in [-0.4, -0.2) is 35.2 Å². The molecule has 0 spiro atoms. The summed E-state index contributed by atoms with van der Waals surface area (Å²) in [7, 11) is -2.01. The molecule has 0 aliphatic carbocycles. The number of hydrogen-bond acceptors (Lipinski definition) is 4. The number of piperidine rings is 1. The van der Waals surface area contributed by atoms with Crippen molar-refractivity contribution in [3.63, 3.8) is 0 Å². The highest BCUT2D eigenvalue weighted by molar-refractivity contribution is 9.10. The zero-order valence-corrected chi connectivity index (χ0v) is 15.0. The van der Waals surface area contributed by atoms with Crippen LogP contribution in [0.4, 0.5) is 0 Å². The van der Waals surface area contributed by atoms with Crippen LogP contribution >= 0.6 is 28.3 Å². The van der Waals surface area contributed by atoms with Crippen molar-refractivity contribution in [3.05, 3.63) is 22.7 Å². The molecule has 8 heteroatoms. The van der Waals surface area contributed by atoms with Crippen molar-refractivity contribution >= 4 is 38.4 Å². The SMILES string of the molecule is COc1ccc(Br)c(S(=O)(=O)NCC2CCCNC2)c1.Cl. The summed E-state index contributed by atoms with van der Waals surface area (Å²) >= 11 is 3.27. The summed E-state index contributed by atoms with van der Waals surface area (Å²) in [5.41, 5.74) is 0. The third kappa shape index (κ3) is 5.10. The van der Waals surface area contributed by atoms with Gasteiger partial charge in [-0.25, -0.2) is 13.1 Å². The lowest BCUT2D eigenvalue weighted by Gasteiger charge is -2.23. The van der Waals surface area contributed by atoms with Gasteiger partial charge in [0.15, 0.2) is 0 Å². The zero-order valence-electron chi connectivity index (χ0n) is 11.8. The van der Waals surface area contributed by atoms with E-state index in [9.17, 15) is 8.42 Å². The Morgan fingerprint density at radius 3 is 2.86 bits per heavy atom. The lowest BCUT2D eigenvalue weighted by Crippen LogP contribution is -2.38. The molecule has 0 saturated carbocycles. The maximum Gasteiger partial charge on any atom is 0.241 e. The molecule has 2 N–H and O–H groups in total. The van der Waals surface area contributed by atoms with Crippen LogP contribution in [0.2, 0.25) is 0 Å². The van der Waals surface area contributed by atoms with E-state index in [-0.39, 0.29) is 17.3 Å². The second kappa shape index (κ2) is 8.33. The van der Waals surface area contributed by atoms with Gasteiger partial charge in [0.1, 0.15) is 5.75 Å². The van der Waals surface area contributed by atoms with Crippen molar-refractivity contribution in [2.75, 3.05) is 26.7 Å². The van der Waals surface area contributed by atoms with E-state index in [1.54, 1.807) is 12.1 Å². The summed E-state index contributed by atoms with van der Waals surface area (Å²) in [5.74, 6) is 0.871. The van der Waals surface area contributed by atoms with Gasteiger partial charge in [0.05, 0.1) is 12.0 Å². The Bertz CT molecular complexity index is 563. The monoisotopic (exact) mass is 398 g/mol. The lowest BCUT2D eigenvalue weighted by molar-refractivity contribution is 0.375. The molecule has 0 aromatic heterocycles. The predicted octanol–water partition coefficient (Wildman–Crippen LogP) is 2.16. The maximum atomic E-state index is 12.3. The molecule has 1 saturated heterocycles. The van der Waals surface area contributed by atoms with Gasteiger partial charge in [0.2, 0.25) is 10.0 Å². The average molecular weight is 400 g/mol. The van der Waals surface area contributed by atoms with Crippen LogP contribution < -0.4 is 14.8 Å². The van der Waals surface area contributed by atoms with Crippen LogP contribution in [0.5, 0.6) is 5.75 Å². The van der Waals surface area contributed by atoms with Crippen LogP contribution in [0.25, 0.3) is 0 Å². The fourth-order valence-corrected chi connectivity index (χ4v) is 4.31. The van der Waals surface area contributed by atoms with E-state index in [4.69, 9.17) is 4.74 Å². The first-order valence-electron chi connectivity index (χ1n) is 6.57. The van der Waals surface area contributed by atoms with Gasteiger partial charge in [0, 0.05) is 17.1 Å². The van der Waals surface area contributed by atoms with E-state index in [1.165, 1.54) is 13.2 Å². The molecule has 120 valence electrons. The van der Waals surface area contributed by atoms with Crippen molar-refractivity contribution in [1.82, 2.24) is 10.0 Å². The number of methoxy groups -OCH3 is 1. The highest BCUT2D eigenvalue weighted by Gasteiger charge is 2.21.